The minimum atomic E-state index is -0.807. The molecule has 0 bridgehead atoms. The van der Waals surface area contributed by atoms with E-state index in [2.05, 4.69) is 5.32 Å². The summed E-state index contributed by atoms with van der Waals surface area (Å²) in [6.07, 6.45) is 2.61. The summed E-state index contributed by atoms with van der Waals surface area (Å²) in [5, 5.41) is 12.1. The molecule has 5 heteroatoms. The van der Waals surface area contributed by atoms with Crippen LogP contribution in [-0.2, 0) is 14.3 Å². The molecule has 1 heterocycles. The molecule has 18 heavy (non-hydrogen) atoms. The zero-order valence-corrected chi connectivity index (χ0v) is 11.4. The average Bonchev–Trinajstić information content (AvgIpc) is 2.33. The van der Waals surface area contributed by atoms with E-state index in [0.29, 0.717) is 18.9 Å². The maximum Gasteiger partial charge on any atom is 0.320 e. The van der Waals surface area contributed by atoms with Gasteiger partial charge in [-0.05, 0) is 25.2 Å². The van der Waals surface area contributed by atoms with E-state index in [9.17, 15) is 4.79 Å². The molecule has 1 atom stereocenters. The van der Waals surface area contributed by atoms with Gasteiger partial charge in [0, 0.05) is 32.5 Å². The molecule has 1 aliphatic rings. The number of carboxylic acids is 1. The minimum Gasteiger partial charge on any atom is -0.480 e. The number of carboxylic acid groups (broad SMARTS) is 1. The van der Waals surface area contributed by atoms with Crippen molar-refractivity contribution in [3.05, 3.63) is 0 Å². The fourth-order valence-electron chi connectivity index (χ4n) is 2.04. The quantitative estimate of drug-likeness (QED) is 0.643. The Bertz CT molecular complexity index is 239. The Labute approximate surface area is 109 Å². The SMILES string of the molecule is CC(C)NC(CCOCC1CCOCC1)C(=O)O. The predicted octanol–water partition coefficient (Wildman–Crippen LogP) is 1.27. The van der Waals surface area contributed by atoms with Crippen molar-refractivity contribution in [3.63, 3.8) is 0 Å². The van der Waals surface area contributed by atoms with Crippen LogP contribution in [0.1, 0.15) is 33.1 Å². The van der Waals surface area contributed by atoms with Crippen LogP contribution >= 0.6 is 0 Å². The molecular weight excluding hydrogens is 234 g/mol. The van der Waals surface area contributed by atoms with E-state index >= 15 is 0 Å². The van der Waals surface area contributed by atoms with E-state index in [1.807, 2.05) is 13.8 Å². The summed E-state index contributed by atoms with van der Waals surface area (Å²) in [4.78, 5) is 11.0. The number of aliphatic carboxylic acids is 1. The molecule has 1 unspecified atom stereocenters. The van der Waals surface area contributed by atoms with Gasteiger partial charge >= 0.3 is 5.97 Å². The summed E-state index contributed by atoms with van der Waals surface area (Å²) in [6, 6.07) is -0.346. The Balaban J connectivity index is 2.12. The third-order valence-electron chi connectivity index (χ3n) is 3.08. The first kappa shape index (κ1) is 15.4. The van der Waals surface area contributed by atoms with E-state index in [-0.39, 0.29) is 6.04 Å². The van der Waals surface area contributed by atoms with Gasteiger partial charge in [-0.3, -0.25) is 4.79 Å². The minimum absolute atomic E-state index is 0.168. The van der Waals surface area contributed by atoms with Crippen LogP contribution in [0.25, 0.3) is 0 Å². The van der Waals surface area contributed by atoms with Crippen molar-refractivity contribution in [2.24, 2.45) is 5.92 Å². The molecular formula is C13H25NO4. The third kappa shape index (κ3) is 6.33. The molecule has 1 saturated heterocycles. The second kappa shape index (κ2) is 8.45. The Morgan fingerprint density at radius 3 is 2.67 bits per heavy atom. The van der Waals surface area contributed by atoms with Gasteiger partial charge in [-0.25, -0.2) is 0 Å². The number of hydrogen-bond acceptors (Lipinski definition) is 4. The van der Waals surface area contributed by atoms with Crippen molar-refractivity contribution in [1.82, 2.24) is 5.32 Å². The number of nitrogens with one attached hydrogen (secondary N) is 1. The highest BCUT2D eigenvalue weighted by molar-refractivity contribution is 5.73. The van der Waals surface area contributed by atoms with Gasteiger partial charge in [0.15, 0.2) is 0 Å². The Morgan fingerprint density at radius 1 is 1.44 bits per heavy atom. The average molecular weight is 259 g/mol. The number of hydrogen-bond donors (Lipinski definition) is 2. The molecule has 0 aromatic rings. The number of carbonyl (C=O) groups is 1. The van der Waals surface area contributed by atoms with Crippen molar-refractivity contribution in [2.45, 2.75) is 45.2 Å². The first-order valence-corrected chi connectivity index (χ1v) is 6.74. The topological polar surface area (TPSA) is 67.8 Å². The summed E-state index contributed by atoms with van der Waals surface area (Å²) in [7, 11) is 0. The van der Waals surface area contributed by atoms with Crippen LogP contribution in [0.4, 0.5) is 0 Å². The standard InChI is InChI=1S/C13H25NO4/c1-10(2)14-12(13(15)16)5-8-18-9-11-3-6-17-7-4-11/h10-12,14H,3-9H2,1-2H3,(H,15,16). The van der Waals surface area contributed by atoms with Crippen molar-refractivity contribution in [1.29, 1.82) is 0 Å². The lowest BCUT2D eigenvalue weighted by atomic mass is 10.0. The maximum atomic E-state index is 11.0. The molecule has 1 aliphatic heterocycles. The maximum absolute atomic E-state index is 11.0. The second-order valence-electron chi connectivity index (χ2n) is 5.13. The van der Waals surface area contributed by atoms with Crippen LogP contribution in [0.2, 0.25) is 0 Å². The second-order valence-corrected chi connectivity index (χ2v) is 5.13. The van der Waals surface area contributed by atoms with Crippen LogP contribution in [0.3, 0.4) is 0 Å². The van der Waals surface area contributed by atoms with Gasteiger partial charge in [-0.2, -0.15) is 0 Å². The van der Waals surface area contributed by atoms with Crippen molar-refractivity contribution < 1.29 is 19.4 Å². The molecule has 0 amide bonds. The zero-order valence-electron chi connectivity index (χ0n) is 11.4. The van der Waals surface area contributed by atoms with Gasteiger partial charge in [-0.15, -0.1) is 0 Å². The molecule has 0 spiro atoms. The Hall–Kier alpha value is -0.650. The highest BCUT2D eigenvalue weighted by atomic mass is 16.5. The zero-order chi connectivity index (χ0) is 13.4. The van der Waals surface area contributed by atoms with Crippen molar-refractivity contribution >= 4 is 5.97 Å². The highest BCUT2D eigenvalue weighted by Gasteiger charge is 2.18. The van der Waals surface area contributed by atoms with Gasteiger partial charge in [0.1, 0.15) is 6.04 Å². The summed E-state index contributed by atoms with van der Waals surface area (Å²) < 4.78 is 10.9. The molecule has 1 rings (SSSR count). The monoisotopic (exact) mass is 259 g/mol. The predicted molar refractivity (Wildman–Crippen MR) is 68.7 cm³/mol. The largest absolute Gasteiger partial charge is 0.480 e. The lowest BCUT2D eigenvalue weighted by Gasteiger charge is -2.22. The van der Waals surface area contributed by atoms with Crippen LogP contribution < -0.4 is 5.32 Å². The van der Waals surface area contributed by atoms with Gasteiger partial charge in [0.05, 0.1) is 0 Å². The molecule has 1 fully saturated rings. The molecule has 0 radical (unpaired) electrons. The first-order chi connectivity index (χ1) is 8.59. The van der Waals surface area contributed by atoms with Crippen molar-refractivity contribution in [3.8, 4) is 0 Å². The van der Waals surface area contributed by atoms with Gasteiger partial charge < -0.3 is 19.9 Å². The van der Waals surface area contributed by atoms with Crippen LogP contribution in [0.5, 0.6) is 0 Å². The van der Waals surface area contributed by atoms with E-state index in [4.69, 9.17) is 14.6 Å². The van der Waals surface area contributed by atoms with Crippen LogP contribution in [-0.4, -0.2) is 49.6 Å². The summed E-state index contributed by atoms with van der Waals surface area (Å²) in [5.74, 6) is -0.238. The lowest BCUT2D eigenvalue weighted by Crippen LogP contribution is -2.41. The number of ether oxygens (including phenoxy) is 2. The molecule has 0 aromatic carbocycles. The Kier molecular flexibility index (Phi) is 7.23. The van der Waals surface area contributed by atoms with E-state index in [1.54, 1.807) is 0 Å². The summed E-state index contributed by atoms with van der Waals surface area (Å²) >= 11 is 0. The van der Waals surface area contributed by atoms with E-state index < -0.39 is 12.0 Å². The summed E-state index contributed by atoms with van der Waals surface area (Å²) in [5.41, 5.74) is 0. The van der Waals surface area contributed by atoms with Crippen LogP contribution in [0.15, 0.2) is 0 Å². The lowest BCUT2D eigenvalue weighted by molar-refractivity contribution is -0.140. The normalized spacial score (nSPS) is 19.1. The molecule has 2 N–H and O–H groups in total. The number of rotatable bonds is 8. The van der Waals surface area contributed by atoms with E-state index in [0.717, 1.165) is 32.7 Å². The Morgan fingerprint density at radius 2 is 2.11 bits per heavy atom. The fraction of sp³-hybridized carbons (Fsp3) is 0.923. The summed E-state index contributed by atoms with van der Waals surface area (Å²) in [6.45, 7) is 6.74. The van der Waals surface area contributed by atoms with Gasteiger partial charge in [0.25, 0.3) is 0 Å². The smallest absolute Gasteiger partial charge is 0.320 e. The highest BCUT2D eigenvalue weighted by Crippen LogP contribution is 2.14. The van der Waals surface area contributed by atoms with Gasteiger partial charge in [0.2, 0.25) is 0 Å². The fourth-order valence-corrected chi connectivity index (χ4v) is 2.04. The van der Waals surface area contributed by atoms with E-state index in [1.165, 1.54) is 0 Å². The molecule has 0 saturated carbocycles. The van der Waals surface area contributed by atoms with Gasteiger partial charge in [-0.1, -0.05) is 13.8 Å². The first-order valence-electron chi connectivity index (χ1n) is 6.74. The van der Waals surface area contributed by atoms with Crippen LogP contribution in [0, 0.1) is 5.92 Å². The van der Waals surface area contributed by atoms with Crippen molar-refractivity contribution in [2.75, 3.05) is 26.4 Å². The molecule has 5 nitrogen and oxygen atoms in total. The molecule has 0 aliphatic carbocycles. The third-order valence-corrected chi connectivity index (χ3v) is 3.08. The molecule has 0 aromatic heterocycles. The molecule has 106 valence electrons.